The van der Waals surface area contributed by atoms with E-state index in [0.717, 1.165) is 36.8 Å². The van der Waals surface area contributed by atoms with Gasteiger partial charge in [-0.25, -0.2) is 0 Å². The van der Waals surface area contributed by atoms with Gasteiger partial charge in [-0.3, -0.25) is 9.59 Å². The van der Waals surface area contributed by atoms with Crippen molar-refractivity contribution < 1.29 is 19.1 Å². The van der Waals surface area contributed by atoms with E-state index in [1.165, 1.54) is 11.1 Å². The number of Topliss-reactive ketones (excluding diaryl/α,β-unsaturated/α-hetero) is 2. The number of fused-ring (bicyclic) bond motifs is 4. The maximum atomic E-state index is 12.3. The lowest BCUT2D eigenvalue weighted by Gasteiger charge is -2.32. The second-order valence-electron chi connectivity index (χ2n) is 11.0. The van der Waals surface area contributed by atoms with Gasteiger partial charge in [0.15, 0.2) is 0 Å². The first-order valence-electron chi connectivity index (χ1n) is 13.0. The molecule has 2 saturated heterocycles. The number of rotatable bonds is 4. The van der Waals surface area contributed by atoms with E-state index < -0.39 is 10.8 Å². The molecule has 2 aromatic carbocycles. The van der Waals surface area contributed by atoms with Crippen molar-refractivity contribution in [3.63, 3.8) is 0 Å². The van der Waals surface area contributed by atoms with Gasteiger partial charge in [0.1, 0.15) is 11.6 Å². The number of carbonyl (C=O) groups excluding carboxylic acids is 2. The number of benzene rings is 2. The number of hydrogen-bond acceptors (Lipinski definition) is 4. The molecular weight excluding hydrogens is 448 g/mol. The Morgan fingerprint density at radius 2 is 1.03 bits per heavy atom. The topological polar surface area (TPSA) is 52.6 Å². The Hall–Kier alpha value is -2.82. The van der Waals surface area contributed by atoms with Crippen molar-refractivity contribution >= 4 is 11.6 Å². The van der Waals surface area contributed by atoms with Crippen LogP contribution in [0.25, 0.3) is 0 Å². The van der Waals surface area contributed by atoms with Crippen LogP contribution in [-0.2, 0) is 29.9 Å². The first-order valence-corrected chi connectivity index (χ1v) is 13.0. The van der Waals surface area contributed by atoms with E-state index in [1.807, 2.05) is 36.4 Å². The molecule has 0 radical (unpaired) electrons. The molecule has 0 N–H and O–H groups in total. The first-order chi connectivity index (χ1) is 17.3. The summed E-state index contributed by atoms with van der Waals surface area (Å²) in [5.74, 6) is 0.452. The monoisotopic (exact) mass is 484 g/mol. The Labute approximate surface area is 214 Å². The highest BCUT2D eigenvalue weighted by Crippen LogP contribution is 2.48. The van der Waals surface area contributed by atoms with E-state index in [2.05, 4.69) is 50.3 Å². The molecule has 0 spiro atoms. The Balaban J connectivity index is 0.000000148. The molecule has 0 saturated carbocycles. The fourth-order valence-electron chi connectivity index (χ4n) is 6.87. The third kappa shape index (κ3) is 4.10. The van der Waals surface area contributed by atoms with Gasteiger partial charge < -0.3 is 9.47 Å². The molecule has 2 aromatic rings. The van der Waals surface area contributed by atoms with Crippen LogP contribution in [0.4, 0.5) is 0 Å². The number of ether oxygens (including phenoxy) is 2. The highest BCUT2D eigenvalue weighted by Gasteiger charge is 2.55. The smallest absolute Gasteiger partial charge is 0.143 e. The first kappa shape index (κ1) is 24.9. The molecule has 188 valence electrons. The summed E-state index contributed by atoms with van der Waals surface area (Å²) in [5.41, 5.74) is 4.01. The molecule has 6 atom stereocenters. The van der Waals surface area contributed by atoms with Crippen LogP contribution in [0.3, 0.4) is 0 Å². The van der Waals surface area contributed by atoms with Gasteiger partial charge in [-0.15, -0.1) is 0 Å². The Morgan fingerprint density at radius 1 is 0.667 bits per heavy atom. The van der Waals surface area contributed by atoms with Crippen LogP contribution in [-0.4, -0.2) is 36.0 Å². The van der Waals surface area contributed by atoms with Crippen LogP contribution in [0.1, 0.15) is 64.5 Å². The zero-order chi connectivity index (χ0) is 25.5. The summed E-state index contributed by atoms with van der Waals surface area (Å²) in [4.78, 5) is 24.6. The highest BCUT2D eigenvalue weighted by molar-refractivity contribution is 5.90. The van der Waals surface area contributed by atoms with Crippen molar-refractivity contribution in [2.24, 2.45) is 0 Å². The third-order valence-electron chi connectivity index (χ3n) is 8.61. The van der Waals surface area contributed by atoms with Gasteiger partial charge in [-0.05, 0) is 64.5 Å². The van der Waals surface area contributed by atoms with Crippen molar-refractivity contribution in [3.05, 3.63) is 95.1 Å². The van der Waals surface area contributed by atoms with Crippen molar-refractivity contribution in [1.82, 2.24) is 0 Å². The molecule has 36 heavy (non-hydrogen) atoms. The van der Waals surface area contributed by atoms with Gasteiger partial charge in [0.05, 0.1) is 35.2 Å². The standard InChI is InChI=1S/2C16H18O2/c2*1-11-8-14-10-16(12(2)17,15(9-11)18-14)13-6-4-3-5-7-13/h2*3-8,14-15H,9-10H2,1-2H3/t2*14-,15+,16+/m10/s1. The highest BCUT2D eigenvalue weighted by atomic mass is 16.5. The number of ketones is 2. The average molecular weight is 485 g/mol. The fourth-order valence-corrected chi connectivity index (χ4v) is 6.87. The lowest BCUT2D eigenvalue weighted by molar-refractivity contribution is -0.125. The average Bonchev–Trinajstić information content (AvgIpc) is 3.30. The Bertz CT molecular complexity index is 1100. The maximum absolute atomic E-state index is 12.3. The van der Waals surface area contributed by atoms with E-state index in [-0.39, 0.29) is 36.0 Å². The van der Waals surface area contributed by atoms with Crippen molar-refractivity contribution in [3.8, 4) is 0 Å². The van der Waals surface area contributed by atoms with E-state index in [1.54, 1.807) is 13.8 Å². The molecule has 0 aromatic heterocycles. The van der Waals surface area contributed by atoms with E-state index in [0.29, 0.717) is 0 Å². The maximum Gasteiger partial charge on any atom is 0.143 e. The van der Waals surface area contributed by atoms with Crippen LogP contribution in [0.5, 0.6) is 0 Å². The van der Waals surface area contributed by atoms with Crippen LogP contribution in [0.2, 0.25) is 0 Å². The zero-order valence-electron chi connectivity index (χ0n) is 21.7. The minimum atomic E-state index is -0.444. The molecule has 0 aliphatic carbocycles. The second-order valence-corrected chi connectivity index (χ2v) is 11.0. The predicted molar refractivity (Wildman–Crippen MR) is 141 cm³/mol. The Kier molecular flexibility index (Phi) is 6.61. The predicted octanol–water partition coefficient (Wildman–Crippen LogP) is 6.04. The van der Waals surface area contributed by atoms with Gasteiger partial charge >= 0.3 is 0 Å². The molecule has 4 nitrogen and oxygen atoms in total. The molecule has 4 bridgehead atoms. The summed E-state index contributed by atoms with van der Waals surface area (Å²) in [7, 11) is 0. The summed E-state index contributed by atoms with van der Waals surface area (Å²) < 4.78 is 12.0. The van der Waals surface area contributed by atoms with Crippen molar-refractivity contribution in [2.75, 3.05) is 0 Å². The normalized spacial score (nSPS) is 34.2. The van der Waals surface area contributed by atoms with Crippen LogP contribution in [0, 0.1) is 0 Å². The van der Waals surface area contributed by atoms with Gasteiger partial charge in [-0.1, -0.05) is 84.0 Å². The summed E-state index contributed by atoms with van der Waals surface area (Å²) in [6.45, 7) is 7.66. The van der Waals surface area contributed by atoms with E-state index >= 15 is 0 Å². The number of hydrogen-bond donors (Lipinski definition) is 0. The lowest BCUT2D eigenvalue weighted by atomic mass is 9.70. The second kappa shape index (κ2) is 9.57. The molecule has 4 heteroatoms. The van der Waals surface area contributed by atoms with Crippen molar-refractivity contribution in [2.45, 2.75) is 88.6 Å². The van der Waals surface area contributed by atoms with Crippen molar-refractivity contribution in [1.29, 1.82) is 0 Å². The van der Waals surface area contributed by atoms with E-state index in [9.17, 15) is 9.59 Å². The van der Waals surface area contributed by atoms with Crippen LogP contribution >= 0.6 is 0 Å². The van der Waals surface area contributed by atoms with Crippen LogP contribution < -0.4 is 0 Å². The minimum Gasteiger partial charge on any atom is -0.369 e. The summed E-state index contributed by atoms with van der Waals surface area (Å²) in [6, 6.07) is 20.2. The molecule has 4 aliphatic heterocycles. The van der Waals surface area contributed by atoms with Gasteiger partial charge in [0, 0.05) is 0 Å². The van der Waals surface area contributed by atoms with E-state index in [4.69, 9.17) is 9.47 Å². The van der Waals surface area contributed by atoms with Gasteiger partial charge in [0.2, 0.25) is 0 Å². The minimum absolute atomic E-state index is 0.00685. The zero-order valence-corrected chi connectivity index (χ0v) is 21.7. The molecule has 0 unspecified atom stereocenters. The molecule has 2 fully saturated rings. The third-order valence-corrected chi connectivity index (χ3v) is 8.61. The molecule has 6 rings (SSSR count). The Morgan fingerprint density at radius 3 is 1.36 bits per heavy atom. The summed E-state index contributed by atoms with van der Waals surface area (Å²) in [6.07, 6.45) is 7.87. The van der Waals surface area contributed by atoms with Gasteiger partial charge in [0.25, 0.3) is 0 Å². The quantitative estimate of drug-likeness (QED) is 0.497. The van der Waals surface area contributed by atoms with Gasteiger partial charge in [-0.2, -0.15) is 0 Å². The lowest BCUT2D eigenvalue weighted by Crippen LogP contribution is -2.42. The number of carbonyl (C=O) groups is 2. The molecule has 0 amide bonds. The molecular formula is C32H36O4. The summed E-state index contributed by atoms with van der Waals surface area (Å²) >= 11 is 0. The summed E-state index contributed by atoms with van der Waals surface area (Å²) in [5, 5.41) is 0. The van der Waals surface area contributed by atoms with Crippen LogP contribution in [0.15, 0.2) is 84.0 Å². The fraction of sp³-hybridized carbons (Fsp3) is 0.438. The molecule has 4 heterocycles. The SMILES string of the molecule is CC(=O)[C@@]1(c2ccccc2)C[C@@H]2C=C(C)C[C@H]1O2.CC(=O)[C@]1(c2ccccc2)C[C@H]2C=C(C)C[C@@H]1O2. The molecule has 4 aliphatic rings. The largest absolute Gasteiger partial charge is 0.369 e.